The Morgan fingerprint density at radius 2 is 1.92 bits per heavy atom. The van der Waals surface area contributed by atoms with Crippen molar-refractivity contribution in [2.24, 2.45) is 0 Å². The van der Waals surface area contributed by atoms with Crippen LogP contribution < -0.4 is 0 Å². The van der Waals surface area contributed by atoms with E-state index in [4.69, 9.17) is 0 Å². The second-order valence-corrected chi connectivity index (χ2v) is 4.63. The van der Waals surface area contributed by atoms with E-state index in [1.807, 2.05) is 0 Å². The van der Waals surface area contributed by atoms with Gasteiger partial charge in [0.1, 0.15) is 0 Å². The van der Waals surface area contributed by atoms with Crippen molar-refractivity contribution < 1.29 is 8.78 Å². The molecule has 0 saturated heterocycles. The number of halogens is 3. The zero-order chi connectivity index (χ0) is 8.72. The summed E-state index contributed by atoms with van der Waals surface area (Å²) >= 11 is 2.32. The Hall–Kier alpha value is -0.190. The third kappa shape index (κ3) is 1.46. The topological polar surface area (TPSA) is 0 Å². The summed E-state index contributed by atoms with van der Waals surface area (Å²) in [4.78, 5) is 0. The first-order valence-electron chi connectivity index (χ1n) is 3.77. The minimum absolute atomic E-state index is 0.445. The fourth-order valence-corrected chi connectivity index (χ4v) is 2.22. The maximum atomic E-state index is 12.7. The molecule has 0 aromatic heterocycles. The highest BCUT2D eigenvalue weighted by Crippen LogP contribution is 2.46. The van der Waals surface area contributed by atoms with Crippen LogP contribution in [0.15, 0.2) is 18.2 Å². The Balaban J connectivity index is 2.29. The van der Waals surface area contributed by atoms with Crippen LogP contribution in [-0.4, -0.2) is 3.92 Å². The molecule has 1 aliphatic rings. The lowest BCUT2D eigenvalue weighted by molar-refractivity contribution is 0.507. The molecule has 0 spiro atoms. The van der Waals surface area contributed by atoms with E-state index in [2.05, 4.69) is 22.6 Å². The minimum Gasteiger partial charge on any atom is -0.204 e. The van der Waals surface area contributed by atoms with E-state index in [0.29, 0.717) is 9.84 Å². The van der Waals surface area contributed by atoms with Gasteiger partial charge in [0.2, 0.25) is 0 Å². The maximum absolute atomic E-state index is 12.7. The first-order chi connectivity index (χ1) is 5.68. The lowest BCUT2D eigenvalue weighted by Crippen LogP contribution is -1.87. The lowest BCUT2D eigenvalue weighted by atomic mass is 10.1. The molecule has 2 atom stereocenters. The summed E-state index contributed by atoms with van der Waals surface area (Å²) in [6.45, 7) is 0. The van der Waals surface area contributed by atoms with Gasteiger partial charge in [-0.2, -0.15) is 0 Å². The number of benzene rings is 1. The monoisotopic (exact) mass is 280 g/mol. The average Bonchev–Trinajstić information content (AvgIpc) is 2.73. The van der Waals surface area contributed by atoms with Gasteiger partial charge in [0.15, 0.2) is 11.6 Å². The van der Waals surface area contributed by atoms with Gasteiger partial charge in [0.25, 0.3) is 0 Å². The van der Waals surface area contributed by atoms with Crippen LogP contribution in [0.1, 0.15) is 17.9 Å². The fraction of sp³-hybridized carbons (Fsp3) is 0.333. The van der Waals surface area contributed by atoms with Crippen LogP contribution in [0.2, 0.25) is 0 Å². The van der Waals surface area contributed by atoms with Gasteiger partial charge in [-0.1, -0.05) is 28.7 Å². The number of alkyl halides is 1. The third-order valence-corrected chi connectivity index (χ3v) is 3.46. The lowest BCUT2D eigenvalue weighted by Gasteiger charge is -1.98. The Morgan fingerprint density at radius 3 is 2.42 bits per heavy atom. The van der Waals surface area contributed by atoms with Crippen molar-refractivity contribution in [2.45, 2.75) is 16.3 Å². The van der Waals surface area contributed by atoms with Crippen molar-refractivity contribution in [3.8, 4) is 0 Å². The standard InChI is InChI=1S/C9H7F2I/c10-7-2-1-5(3-8(7)11)6-4-9(6)12/h1-3,6,9H,4H2/t6-,9+/m0/s1. The molecular weight excluding hydrogens is 273 g/mol. The molecule has 1 fully saturated rings. The quantitative estimate of drug-likeness (QED) is 0.547. The van der Waals surface area contributed by atoms with Gasteiger partial charge in [0, 0.05) is 3.92 Å². The highest BCUT2D eigenvalue weighted by Gasteiger charge is 2.36. The van der Waals surface area contributed by atoms with Crippen LogP contribution in [-0.2, 0) is 0 Å². The second-order valence-electron chi connectivity index (χ2n) is 3.03. The highest BCUT2D eigenvalue weighted by molar-refractivity contribution is 14.1. The molecule has 0 amide bonds. The normalized spacial score (nSPS) is 27.2. The van der Waals surface area contributed by atoms with Gasteiger partial charge in [0.05, 0.1) is 0 Å². The predicted octanol–water partition coefficient (Wildman–Crippen LogP) is 3.26. The van der Waals surface area contributed by atoms with Crippen LogP contribution in [0, 0.1) is 11.6 Å². The molecule has 0 radical (unpaired) electrons. The summed E-state index contributed by atoms with van der Waals surface area (Å²) in [6, 6.07) is 4.17. The van der Waals surface area contributed by atoms with Gasteiger partial charge in [-0.15, -0.1) is 0 Å². The van der Waals surface area contributed by atoms with Crippen molar-refractivity contribution in [1.29, 1.82) is 0 Å². The maximum Gasteiger partial charge on any atom is 0.159 e. The van der Waals surface area contributed by atoms with Gasteiger partial charge < -0.3 is 0 Å². The molecule has 1 aliphatic carbocycles. The Bertz CT molecular complexity index is 311. The Kier molecular flexibility index (Phi) is 2.06. The average molecular weight is 280 g/mol. The van der Waals surface area contributed by atoms with Crippen LogP contribution in [0.4, 0.5) is 8.78 Å². The molecule has 0 unspecified atom stereocenters. The smallest absolute Gasteiger partial charge is 0.159 e. The van der Waals surface area contributed by atoms with E-state index in [1.165, 1.54) is 12.1 Å². The van der Waals surface area contributed by atoms with E-state index in [9.17, 15) is 8.78 Å². The van der Waals surface area contributed by atoms with Crippen molar-refractivity contribution in [2.75, 3.05) is 0 Å². The molecule has 0 nitrogen and oxygen atoms in total. The van der Waals surface area contributed by atoms with Crippen molar-refractivity contribution in [1.82, 2.24) is 0 Å². The number of rotatable bonds is 1. The highest BCUT2D eigenvalue weighted by atomic mass is 127. The zero-order valence-corrected chi connectivity index (χ0v) is 8.39. The predicted molar refractivity (Wildman–Crippen MR) is 51.5 cm³/mol. The third-order valence-electron chi connectivity index (χ3n) is 2.08. The van der Waals surface area contributed by atoms with Crippen LogP contribution in [0.5, 0.6) is 0 Å². The van der Waals surface area contributed by atoms with Gasteiger partial charge >= 0.3 is 0 Å². The molecule has 0 heterocycles. The van der Waals surface area contributed by atoms with E-state index in [-0.39, 0.29) is 0 Å². The summed E-state index contributed by atoms with van der Waals surface area (Å²) in [5.41, 5.74) is 0.924. The summed E-state index contributed by atoms with van der Waals surface area (Å²) in [6.07, 6.45) is 1.09. The molecule has 64 valence electrons. The zero-order valence-electron chi connectivity index (χ0n) is 6.23. The number of hydrogen-bond donors (Lipinski definition) is 0. The molecule has 0 aliphatic heterocycles. The minimum atomic E-state index is -0.760. The molecule has 0 N–H and O–H groups in total. The van der Waals surface area contributed by atoms with Crippen LogP contribution >= 0.6 is 22.6 Å². The molecule has 1 saturated carbocycles. The summed E-state index contributed by atoms with van der Waals surface area (Å²) in [5, 5.41) is 0. The fourth-order valence-electron chi connectivity index (χ4n) is 1.25. The van der Waals surface area contributed by atoms with E-state index >= 15 is 0 Å². The molecular formula is C9H7F2I. The first-order valence-corrected chi connectivity index (χ1v) is 5.02. The van der Waals surface area contributed by atoms with Crippen LogP contribution in [0.25, 0.3) is 0 Å². The van der Waals surface area contributed by atoms with Gasteiger partial charge in [-0.3, -0.25) is 0 Å². The molecule has 2 rings (SSSR count). The summed E-state index contributed by atoms with van der Waals surface area (Å²) < 4.78 is 25.8. The van der Waals surface area contributed by atoms with Gasteiger partial charge in [-0.05, 0) is 30.0 Å². The van der Waals surface area contributed by atoms with Crippen molar-refractivity contribution in [3.05, 3.63) is 35.4 Å². The largest absolute Gasteiger partial charge is 0.204 e. The summed E-state index contributed by atoms with van der Waals surface area (Å²) in [5.74, 6) is -1.05. The van der Waals surface area contributed by atoms with E-state index in [1.54, 1.807) is 6.07 Å². The SMILES string of the molecule is Fc1ccc([C@@H]2C[C@H]2I)cc1F. The number of hydrogen-bond acceptors (Lipinski definition) is 0. The first kappa shape index (κ1) is 8.41. The second kappa shape index (κ2) is 2.94. The van der Waals surface area contributed by atoms with Crippen molar-refractivity contribution >= 4 is 22.6 Å². The molecule has 1 aromatic rings. The Morgan fingerprint density at radius 1 is 1.25 bits per heavy atom. The molecule has 3 heteroatoms. The van der Waals surface area contributed by atoms with E-state index in [0.717, 1.165) is 12.0 Å². The molecule has 1 aromatic carbocycles. The van der Waals surface area contributed by atoms with Crippen molar-refractivity contribution in [3.63, 3.8) is 0 Å². The van der Waals surface area contributed by atoms with E-state index < -0.39 is 11.6 Å². The Labute approximate surface area is 83.1 Å². The molecule has 0 bridgehead atoms. The van der Waals surface area contributed by atoms with Crippen LogP contribution in [0.3, 0.4) is 0 Å². The van der Waals surface area contributed by atoms with Gasteiger partial charge in [-0.25, -0.2) is 8.78 Å². The molecule has 12 heavy (non-hydrogen) atoms. The summed E-state index contributed by atoms with van der Waals surface area (Å²) in [7, 11) is 0.